The summed E-state index contributed by atoms with van der Waals surface area (Å²) in [4.78, 5) is 24.8. The summed E-state index contributed by atoms with van der Waals surface area (Å²) in [6, 6.07) is 10.4. The number of amides is 2. The summed E-state index contributed by atoms with van der Waals surface area (Å²) in [7, 11) is 4.40. The number of anilines is 1. The van der Waals surface area contributed by atoms with Crippen LogP contribution in [0.1, 0.15) is 22.8 Å². The molecule has 0 unspecified atom stereocenters. The number of benzene rings is 2. The largest absolute Gasteiger partial charge is 0.493 e. The minimum atomic E-state index is -0.448. The minimum Gasteiger partial charge on any atom is -0.493 e. The highest BCUT2D eigenvalue weighted by molar-refractivity contribution is 6.00. The lowest BCUT2D eigenvalue weighted by atomic mass is 10.1. The first-order chi connectivity index (χ1) is 15.5. The maximum Gasteiger partial charge on any atom is 0.251 e. The maximum atomic E-state index is 12.5. The predicted molar refractivity (Wildman–Crippen MR) is 120 cm³/mol. The Kier molecular flexibility index (Phi) is 10.3. The fourth-order valence-electron chi connectivity index (χ4n) is 2.87. The Balaban J connectivity index is 1.90. The van der Waals surface area contributed by atoms with E-state index >= 15 is 0 Å². The van der Waals surface area contributed by atoms with Gasteiger partial charge in [0.15, 0.2) is 11.5 Å². The first-order valence-electron chi connectivity index (χ1n) is 10.1. The molecule has 0 fully saturated rings. The monoisotopic (exact) mass is 446 g/mol. The molecule has 2 rings (SSSR count). The van der Waals surface area contributed by atoms with E-state index in [9.17, 15) is 9.59 Å². The lowest BCUT2D eigenvalue weighted by Crippen LogP contribution is -2.32. The molecule has 0 aliphatic heterocycles. The zero-order valence-corrected chi connectivity index (χ0v) is 18.9. The van der Waals surface area contributed by atoms with Gasteiger partial charge < -0.3 is 34.3 Å². The van der Waals surface area contributed by atoms with Gasteiger partial charge in [-0.05, 0) is 36.8 Å². The highest BCUT2D eigenvalue weighted by atomic mass is 16.5. The Morgan fingerprint density at radius 2 is 1.59 bits per heavy atom. The van der Waals surface area contributed by atoms with Crippen molar-refractivity contribution >= 4 is 17.5 Å². The van der Waals surface area contributed by atoms with E-state index < -0.39 is 5.91 Å². The molecule has 9 nitrogen and oxygen atoms in total. The molecule has 0 bridgehead atoms. The third kappa shape index (κ3) is 7.44. The van der Waals surface area contributed by atoms with E-state index in [4.69, 9.17) is 23.7 Å². The van der Waals surface area contributed by atoms with E-state index in [0.29, 0.717) is 49.4 Å². The number of hydrogen-bond donors (Lipinski definition) is 2. The molecule has 2 aromatic carbocycles. The number of carbonyl (C=O) groups is 2. The smallest absolute Gasteiger partial charge is 0.251 e. The topological polar surface area (TPSA) is 104 Å². The standard InChI is InChI=1S/C23H30N2O7/c1-5-31-9-10-32-15-16-7-6-8-18(11-16)25-21(26)14-24-23(27)17-12-19(28-2)22(30-4)20(13-17)29-3/h6-8,11-13H,5,9-10,14-15H2,1-4H3,(H,24,27)(H,25,26). The van der Waals surface area contributed by atoms with Gasteiger partial charge in [-0.2, -0.15) is 0 Å². The maximum absolute atomic E-state index is 12.5. The zero-order chi connectivity index (χ0) is 23.3. The molecule has 0 aliphatic rings. The highest BCUT2D eigenvalue weighted by Gasteiger charge is 2.17. The molecule has 0 saturated carbocycles. The van der Waals surface area contributed by atoms with Gasteiger partial charge in [0.1, 0.15) is 0 Å². The fraction of sp³-hybridized carbons (Fsp3) is 0.391. The van der Waals surface area contributed by atoms with Gasteiger partial charge >= 0.3 is 0 Å². The lowest BCUT2D eigenvalue weighted by molar-refractivity contribution is -0.115. The molecular weight excluding hydrogens is 416 g/mol. The number of rotatable bonds is 13. The number of nitrogens with one attached hydrogen (secondary N) is 2. The van der Waals surface area contributed by atoms with E-state index in [2.05, 4.69) is 10.6 Å². The SMILES string of the molecule is CCOCCOCc1cccc(NC(=O)CNC(=O)c2cc(OC)c(OC)c(OC)c2)c1. The fourth-order valence-corrected chi connectivity index (χ4v) is 2.87. The van der Waals surface area contributed by atoms with Gasteiger partial charge in [-0.3, -0.25) is 9.59 Å². The van der Waals surface area contributed by atoms with Crippen LogP contribution in [0.2, 0.25) is 0 Å². The summed E-state index contributed by atoms with van der Waals surface area (Å²) in [5.41, 5.74) is 1.81. The van der Waals surface area contributed by atoms with E-state index in [0.717, 1.165) is 5.56 Å². The third-order valence-corrected chi connectivity index (χ3v) is 4.39. The lowest BCUT2D eigenvalue weighted by Gasteiger charge is -2.14. The van der Waals surface area contributed by atoms with Gasteiger partial charge in [-0.15, -0.1) is 0 Å². The second kappa shape index (κ2) is 13.2. The van der Waals surface area contributed by atoms with Crippen LogP contribution in [0.5, 0.6) is 17.2 Å². The molecular formula is C23H30N2O7. The Bertz CT molecular complexity index is 877. The first kappa shape index (κ1) is 25.0. The van der Waals surface area contributed by atoms with Crippen LogP contribution >= 0.6 is 0 Å². The van der Waals surface area contributed by atoms with Crippen molar-refractivity contribution in [3.8, 4) is 17.2 Å². The number of methoxy groups -OCH3 is 3. The third-order valence-electron chi connectivity index (χ3n) is 4.39. The summed E-state index contributed by atoms with van der Waals surface area (Å²) in [5.74, 6) is 0.269. The van der Waals surface area contributed by atoms with E-state index in [1.54, 1.807) is 6.07 Å². The molecule has 0 radical (unpaired) electrons. The minimum absolute atomic E-state index is 0.204. The van der Waals surface area contributed by atoms with Crippen molar-refractivity contribution in [2.45, 2.75) is 13.5 Å². The molecule has 0 atom stereocenters. The van der Waals surface area contributed by atoms with E-state index in [-0.39, 0.29) is 18.0 Å². The molecule has 0 aliphatic carbocycles. The Morgan fingerprint density at radius 3 is 2.22 bits per heavy atom. The second-order valence-corrected chi connectivity index (χ2v) is 6.59. The average molecular weight is 447 g/mol. The molecule has 0 saturated heterocycles. The van der Waals surface area contributed by atoms with Gasteiger partial charge in [-0.1, -0.05) is 12.1 Å². The zero-order valence-electron chi connectivity index (χ0n) is 18.9. The number of ether oxygens (including phenoxy) is 5. The van der Waals surface area contributed by atoms with Crippen LogP contribution in [-0.2, 0) is 20.9 Å². The van der Waals surface area contributed by atoms with Crippen LogP contribution in [0, 0.1) is 0 Å². The van der Waals surface area contributed by atoms with Crippen molar-refractivity contribution in [1.29, 1.82) is 0 Å². The summed E-state index contributed by atoms with van der Waals surface area (Å²) in [6.07, 6.45) is 0. The molecule has 2 N–H and O–H groups in total. The summed E-state index contributed by atoms with van der Waals surface area (Å²) in [6.45, 7) is 3.83. The summed E-state index contributed by atoms with van der Waals surface area (Å²) in [5, 5.41) is 5.35. The van der Waals surface area contributed by atoms with Crippen molar-refractivity contribution in [2.75, 3.05) is 53.0 Å². The molecule has 32 heavy (non-hydrogen) atoms. The van der Waals surface area contributed by atoms with Gasteiger partial charge in [0.05, 0.1) is 47.7 Å². The average Bonchev–Trinajstić information content (AvgIpc) is 2.81. The van der Waals surface area contributed by atoms with Crippen LogP contribution in [0.15, 0.2) is 36.4 Å². The van der Waals surface area contributed by atoms with Gasteiger partial charge in [0, 0.05) is 17.9 Å². The van der Waals surface area contributed by atoms with Gasteiger partial charge in [0.25, 0.3) is 5.91 Å². The molecule has 174 valence electrons. The molecule has 2 aromatic rings. The van der Waals surface area contributed by atoms with Crippen molar-refractivity contribution in [3.63, 3.8) is 0 Å². The van der Waals surface area contributed by atoms with E-state index in [1.807, 2.05) is 25.1 Å². The van der Waals surface area contributed by atoms with E-state index in [1.165, 1.54) is 33.5 Å². The Labute approximate surface area is 187 Å². The summed E-state index contributed by atoms with van der Waals surface area (Å²) < 4.78 is 26.5. The van der Waals surface area contributed by atoms with Crippen LogP contribution in [0.25, 0.3) is 0 Å². The second-order valence-electron chi connectivity index (χ2n) is 6.59. The van der Waals surface area contributed by atoms with Crippen LogP contribution < -0.4 is 24.8 Å². The van der Waals surface area contributed by atoms with Crippen LogP contribution in [0.4, 0.5) is 5.69 Å². The van der Waals surface area contributed by atoms with Crippen molar-refractivity contribution in [2.24, 2.45) is 0 Å². The highest BCUT2D eigenvalue weighted by Crippen LogP contribution is 2.38. The number of carbonyl (C=O) groups excluding carboxylic acids is 2. The normalized spacial score (nSPS) is 10.4. The molecule has 2 amide bonds. The van der Waals surface area contributed by atoms with Crippen molar-refractivity contribution in [3.05, 3.63) is 47.5 Å². The number of hydrogen-bond acceptors (Lipinski definition) is 7. The van der Waals surface area contributed by atoms with Crippen molar-refractivity contribution < 1.29 is 33.3 Å². The Hall–Kier alpha value is -3.30. The Morgan fingerprint density at radius 1 is 0.906 bits per heavy atom. The van der Waals surface area contributed by atoms with Gasteiger partial charge in [0.2, 0.25) is 11.7 Å². The summed E-state index contributed by atoms with van der Waals surface area (Å²) >= 11 is 0. The first-order valence-corrected chi connectivity index (χ1v) is 10.1. The van der Waals surface area contributed by atoms with Crippen LogP contribution in [0.3, 0.4) is 0 Å². The molecule has 0 aromatic heterocycles. The molecule has 0 heterocycles. The van der Waals surface area contributed by atoms with Gasteiger partial charge in [-0.25, -0.2) is 0 Å². The van der Waals surface area contributed by atoms with Crippen LogP contribution in [-0.4, -0.2) is 59.5 Å². The predicted octanol–water partition coefficient (Wildman–Crippen LogP) is 2.63. The van der Waals surface area contributed by atoms with Crippen molar-refractivity contribution in [1.82, 2.24) is 5.32 Å². The quantitative estimate of drug-likeness (QED) is 0.456. The molecule has 0 spiro atoms. The molecule has 9 heteroatoms.